The molecule has 0 unspecified atom stereocenters. The molecule has 0 amide bonds. The van der Waals surface area contributed by atoms with Crippen LogP contribution in [0.1, 0.15) is 5.56 Å². The summed E-state index contributed by atoms with van der Waals surface area (Å²) < 4.78 is 4.94. The number of hydrazone groups is 1. The van der Waals surface area contributed by atoms with Crippen molar-refractivity contribution in [3.05, 3.63) is 64.2 Å². The van der Waals surface area contributed by atoms with Gasteiger partial charge >= 0.3 is 5.69 Å². The van der Waals surface area contributed by atoms with E-state index < -0.39 is 16.4 Å². The van der Waals surface area contributed by atoms with Crippen LogP contribution in [-0.2, 0) is 0 Å². The number of nitrogens with one attached hydrogen (secondary N) is 1. The lowest BCUT2D eigenvalue weighted by molar-refractivity contribution is -0.386. The molecule has 2 aromatic carbocycles. The summed E-state index contributed by atoms with van der Waals surface area (Å²) in [6, 6.07) is 14.0. The third kappa shape index (κ3) is 3.47. The van der Waals surface area contributed by atoms with Gasteiger partial charge in [0.15, 0.2) is 5.75 Å². The number of nitrogens with zero attached hydrogens (tertiary/aromatic N) is 3. The quantitative estimate of drug-likeness (QED) is 0.419. The van der Waals surface area contributed by atoms with E-state index in [2.05, 4.69) is 15.5 Å². The Morgan fingerprint density at radius 3 is 2.84 bits per heavy atom. The van der Waals surface area contributed by atoms with E-state index >= 15 is 0 Å². The highest BCUT2D eigenvalue weighted by Gasteiger charge is 2.19. The minimum atomic E-state index is -0.687. The Morgan fingerprint density at radius 1 is 1.28 bits per heavy atom. The molecule has 8 heteroatoms. The van der Waals surface area contributed by atoms with Crippen molar-refractivity contribution in [2.24, 2.45) is 5.10 Å². The largest absolute Gasteiger partial charge is 0.500 e. The molecular formula is C17H14N4O4. The maximum Gasteiger partial charge on any atom is 0.315 e. The number of ether oxygens (including phenoxy) is 1. The number of fused-ring (bicyclic) bond motifs is 1. The van der Waals surface area contributed by atoms with Crippen LogP contribution >= 0.6 is 0 Å². The summed E-state index contributed by atoms with van der Waals surface area (Å²) in [4.78, 5) is 14.7. The molecule has 0 fully saturated rings. The second kappa shape index (κ2) is 6.83. The van der Waals surface area contributed by atoms with Gasteiger partial charge in [-0.15, -0.1) is 0 Å². The molecule has 0 aliphatic rings. The van der Waals surface area contributed by atoms with E-state index in [9.17, 15) is 15.2 Å². The first-order valence-corrected chi connectivity index (χ1v) is 7.29. The third-order valence-electron chi connectivity index (χ3n) is 3.48. The summed E-state index contributed by atoms with van der Waals surface area (Å²) in [7, 11) is 1.32. The summed E-state index contributed by atoms with van der Waals surface area (Å²) in [6.07, 6.45) is 1.38. The number of pyridine rings is 1. The molecule has 1 heterocycles. The van der Waals surface area contributed by atoms with E-state index in [1.807, 2.05) is 30.3 Å². The predicted octanol–water partition coefficient (Wildman–Crippen LogP) is 3.30. The average Bonchev–Trinajstić information content (AvgIpc) is 2.62. The minimum absolute atomic E-state index is 0.000481. The molecule has 126 valence electrons. The van der Waals surface area contributed by atoms with Crippen LogP contribution in [-0.4, -0.2) is 28.3 Å². The molecular weight excluding hydrogens is 324 g/mol. The van der Waals surface area contributed by atoms with Gasteiger partial charge in [-0.05, 0) is 24.3 Å². The Bertz CT molecular complexity index is 972. The van der Waals surface area contributed by atoms with Gasteiger partial charge in [0.25, 0.3) is 0 Å². The number of para-hydroxylation sites is 1. The number of anilines is 1. The number of aromatic hydroxyl groups is 1. The first kappa shape index (κ1) is 16.2. The van der Waals surface area contributed by atoms with Crippen molar-refractivity contribution in [2.75, 3.05) is 12.5 Å². The van der Waals surface area contributed by atoms with Crippen LogP contribution in [0.25, 0.3) is 10.9 Å². The highest BCUT2D eigenvalue weighted by atomic mass is 16.6. The Labute approximate surface area is 142 Å². The van der Waals surface area contributed by atoms with Crippen molar-refractivity contribution < 1.29 is 14.8 Å². The van der Waals surface area contributed by atoms with Gasteiger partial charge in [-0.3, -0.25) is 15.5 Å². The lowest BCUT2D eigenvalue weighted by Gasteiger charge is -2.05. The van der Waals surface area contributed by atoms with E-state index in [0.29, 0.717) is 11.4 Å². The van der Waals surface area contributed by atoms with Crippen molar-refractivity contribution >= 4 is 28.6 Å². The van der Waals surface area contributed by atoms with Crippen molar-refractivity contribution in [3.8, 4) is 11.5 Å². The zero-order chi connectivity index (χ0) is 17.8. The summed E-state index contributed by atoms with van der Waals surface area (Å²) >= 11 is 0. The standard InChI is InChI=1S/C17H14N4O4/c1-25-15-9-11(8-14(17(15)22)21(23)24)10-18-20-16-7-6-12-4-2-3-5-13(12)19-16/h2-10,22H,1H3,(H,19,20)/b18-10-. The van der Waals surface area contributed by atoms with Gasteiger partial charge in [0.2, 0.25) is 5.75 Å². The average molecular weight is 338 g/mol. The zero-order valence-electron chi connectivity index (χ0n) is 13.2. The fraction of sp³-hybridized carbons (Fsp3) is 0.0588. The Balaban J connectivity index is 1.83. The van der Waals surface area contributed by atoms with E-state index in [4.69, 9.17) is 4.74 Å². The van der Waals surface area contributed by atoms with E-state index in [-0.39, 0.29) is 5.75 Å². The number of phenols is 1. The van der Waals surface area contributed by atoms with Crippen LogP contribution in [0.4, 0.5) is 11.5 Å². The van der Waals surface area contributed by atoms with Crippen LogP contribution in [0.2, 0.25) is 0 Å². The van der Waals surface area contributed by atoms with E-state index in [1.54, 1.807) is 6.07 Å². The monoisotopic (exact) mass is 338 g/mol. The van der Waals surface area contributed by atoms with Crippen molar-refractivity contribution in [2.45, 2.75) is 0 Å². The van der Waals surface area contributed by atoms with Gasteiger partial charge in [-0.2, -0.15) is 5.10 Å². The number of nitro benzene ring substituents is 1. The first-order chi connectivity index (χ1) is 12.1. The highest BCUT2D eigenvalue weighted by Crippen LogP contribution is 2.36. The molecule has 0 bridgehead atoms. The van der Waals surface area contributed by atoms with Crippen molar-refractivity contribution in [1.29, 1.82) is 0 Å². The first-order valence-electron chi connectivity index (χ1n) is 7.29. The lowest BCUT2D eigenvalue weighted by Crippen LogP contribution is -1.97. The number of nitro groups is 1. The Hall–Kier alpha value is -3.68. The highest BCUT2D eigenvalue weighted by molar-refractivity contribution is 5.84. The molecule has 25 heavy (non-hydrogen) atoms. The van der Waals surface area contributed by atoms with E-state index in [0.717, 1.165) is 10.9 Å². The van der Waals surface area contributed by atoms with Gasteiger partial charge in [0.1, 0.15) is 5.82 Å². The van der Waals surface area contributed by atoms with Crippen LogP contribution in [0.5, 0.6) is 11.5 Å². The maximum atomic E-state index is 11.0. The fourth-order valence-corrected chi connectivity index (χ4v) is 2.28. The number of hydrogen-bond acceptors (Lipinski definition) is 7. The van der Waals surface area contributed by atoms with Crippen LogP contribution in [0.3, 0.4) is 0 Å². The SMILES string of the molecule is COc1cc(/C=N\Nc2ccc3ccccc3n2)cc([N+](=O)[O-])c1O. The summed E-state index contributed by atoms with van der Waals surface area (Å²) in [5.74, 6) is 0.0171. The number of rotatable bonds is 5. The molecule has 1 aromatic heterocycles. The fourth-order valence-electron chi connectivity index (χ4n) is 2.28. The molecule has 0 radical (unpaired) electrons. The third-order valence-corrected chi connectivity index (χ3v) is 3.48. The molecule has 0 saturated heterocycles. The predicted molar refractivity (Wildman–Crippen MR) is 94.3 cm³/mol. The Morgan fingerprint density at radius 2 is 2.08 bits per heavy atom. The topological polar surface area (TPSA) is 110 Å². The molecule has 3 rings (SSSR count). The molecule has 0 saturated carbocycles. The van der Waals surface area contributed by atoms with Gasteiger partial charge in [0.05, 0.1) is 23.8 Å². The molecule has 2 N–H and O–H groups in total. The Kier molecular flexibility index (Phi) is 4.42. The number of phenolic OH excluding ortho intramolecular Hbond substituents is 1. The summed E-state index contributed by atoms with van der Waals surface area (Å²) in [5, 5.41) is 25.8. The van der Waals surface area contributed by atoms with Gasteiger partial charge in [-0.1, -0.05) is 18.2 Å². The summed E-state index contributed by atoms with van der Waals surface area (Å²) in [5.41, 5.74) is 3.54. The zero-order valence-corrected chi connectivity index (χ0v) is 13.2. The van der Waals surface area contributed by atoms with Crippen molar-refractivity contribution in [1.82, 2.24) is 4.98 Å². The molecule has 0 aliphatic carbocycles. The van der Waals surface area contributed by atoms with Crippen molar-refractivity contribution in [3.63, 3.8) is 0 Å². The van der Waals surface area contributed by atoms with Crippen LogP contribution in [0.15, 0.2) is 53.6 Å². The second-order valence-corrected chi connectivity index (χ2v) is 5.11. The number of methoxy groups -OCH3 is 1. The normalized spacial score (nSPS) is 10.9. The second-order valence-electron chi connectivity index (χ2n) is 5.11. The molecule has 0 aliphatic heterocycles. The summed E-state index contributed by atoms with van der Waals surface area (Å²) in [6.45, 7) is 0. The molecule has 3 aromatic rings. The number of aromatic nitrogens is 1. The van der Waals surface area contributed by atoms with Crippen LogP contribution in [0, 0.1) is 10.1 Å². The van der Waals surface area contributed by atoms with Gasteiger partial charge in [-0.25, -0.2) is 4.98 Å². The smallest absolute Gasteiger partial charge is 0.315 e. The lowest BCUT2D eigenvalue weighted by atomic mass is 10.2. The minimum Gasteiger partial charge on any atom is -0.500 e. The molecule has 0 spiro atoms. The van der Waals surface area contributed by atoms with Gasteiger partial charge < -0.3 is 9.84 Å². The van der Waals surface area contributed by atoms with E-state index in [1.165, 1.54) is 25.5 Å². The molecule has 8 nitrogen and oxygen atoms in total. The number of benzene rings is 2. The molecule has 0 atom stereocenters. The van der Waals surface area contributed by atoms with Crippen LogP contribution < -0.4 is 10.2 Å². The maximum absolute atomic E-state index is 11.0. The van der Waals surface area contributed by atoms with Gasteiger partial charge in [0, 0.05) is 17.0 Å². The number of hydrogen-bond donors (Lipinski definition) is 2.